The number of hydrogen-bond acceptors (Lipinski definition) is 5. The molecule has 0 amide bonds. The molecule has 1 aromatic heterocycles. The lowest BCUT2D eigenvalue weighted by atomic mass is 10.1. The first-order valence-corrected chi connectivity index (χ1v) is 8.54. The Bertz CT molecular complexity index is 885. The Morgan fingerprint density at radius 3 is 2.35 bits per heavy atom. The number of halogens is 1. The molecule has 0 unspecified atom stereocenters. The normalized spacial score (nSPS) is 10.6. The van der Waals surface area contributed by atoms with Crippen LogP contribution in [0, 0.1) is 0 Å². The van der Waals surface area contributed by atoms with E-state index in [1.54, 1.807) is 26.2 Å². The van der Waals surface area contributed by atoms with Crippen molar-refractivity contribution in [2.24, 2.45) is 0 Å². The molecule has 3 rings (SSSR count). The van der Waals surface area contributed by atoms with Crippen LogP contribution in [-0.2, 0) is 16.0 Å². The van der Waals surface area contributed by atoms with Crippen molar-refractivity contribution in [2.75, 3.05) is 13.7 Å². The lowest BCUT2D eigenvalue weighted by Crippen LogP contribution is -2.08. The highest BCUT2D eigenvalue weighted by atomic mass is 35.5. The van der Waals surface area contributed by atoms with Gasteiger partial charge in [0.15, 0.2) is 5.76 Å². The van der Waals surface area contributed by atoms with Crippen LogP contribution in [-0.4, -0.2) is 24.7 Å². The number of ether oxygens (including phenoxy) is 2. The zero-order chi connectivity index (χ0) is 18.5. The summed E-state index contributed by atoms with van der Waals surface area (Å²) in [5.74, 6) is 1.35. The average molecular weight is 372 g/mol. The predicted molar refractivity (Wildman–Crippen MR) is 99.3 cm³/mol. The van der Waals surface area contributed by atoms with Gasteiger partial charge in [0.05, 0.1) is 25.8 Å². The molecule has 0 atom stereocenters. The summed E-state index contributed by atoms with van der Waals surface area (Å²) in [4.78, 5) is 16.5. The molecule has 0 radical (unpaired) electrons. The largest absolute Gasteiger partial charge is 0.497 e. The monoisotopic (exact) mass is 371 g/mol. The minimum atomic E-state index is -0.350. The molecule has 2 aromatic carbocycles. The van der Waals surface area contributed by atoms with Gasteiger partial charge in [-0.15, -0.1) is 0 Å². The predicted octanol–water partition coefficient (Wildman–Crippen LogP) is 4.78. The molecule has 0 aliphatic heterocycles. The van der Waals surface area contributed by atoms with Crippen molar-refractivity contribution in [3.8, 4) is 28.5 Å². The summed E-state index contributed by atoms with van der Waals surface area (Å²) in [5, 5.41) is 0.621. The van der Waals surface area contributed by atoms with Crippen LogP contribution in [0.2, 0.25) is 5.02 Å². The summed E-state index contributed by atoms with van der Waals surface area (Å²) < 4.78 is 16.2. The summed E-state index contributed by atoms with van der Waals surface area (Å²) in [6, 6.07) is 14.5. The van der Waals surface area contributed by atoms with E-state index in [9.17, 15) is 4.79 Å². The van der Waals surface area contributed by atoms with E-state index in [-0.39, 0.29) is 12.4 Å². The van der Waals surface area contributed by atoms with Crippen LogP contribution in [0.25, 0.3) is 22.8 Å². The fourth-order valence-electron chi connectivity index (χ4n) is 2.50. The fourth-order valence-corrected chi connectivity index (χ4v) is 2.63. The highest BCUT2D eigenvalue weighted by Gasteiger charge is 2.19. The number of carbonyl (C=O) groups excluding carboxylic acids is 1. The van der Waals surface area contributed by atoms with Gasteiger partial charge in [-0.2, -0.15) is 0 Å². The average Bonchev–Trinajstić information content (AvgIpc) is 3.06. The second kappa shape index (κ2) is 8.06. The molecule has 6 heteroatoms. The lowest BCUT2D eigenvalue weighted by molar-refractivity contribution is -0.142. The Labute approximate surface area is 156 Å². The van der Waals surface area contributed by atoms with Gasteiger partial charge in [-0.05, 0) is 55.5 Å². The number of carbonyl (C=O) groups is 1. The Kier molecular flexibility index (Phi) is 5.58. The summed E-state index contributed by atoms with van der Waals surface area (Å²) in [6.07, 6.45) is 0.0332. The van der Waals surface area contributed by atoms with Crippen LogP contribution in [0.1, 0.15) is 12.6 Å². The van der Waals surface area contributed by atoms with Crippen molar-refractivity contribution < 1.29 is 18.7 Å². The molecular formula is C20H18ClNO4. The molecule has 3 aromatic rings. The van der Waals surface area contributed by atoms with E-state index in [1.807, 2.05) is 36.4 Å². The number of rotatable bonds is 6. The van der Waals surface area contributed by atoms with Gasteiger partial charge in [-0.1, -0.05) is 11.6 Å². The summed E-state index contributed by atoms with van der Waals surface area (Å²) in [5.41, 5.74) is 2.11. The van der Waals surface area contributed by atoms with Gasteiger partial charge >= 0.3 is 5.97 Å². The first-order chi connectivity index (χ1) is 12.6. The summed E-state index contributed by atoms with van der Waals surface area (Å²) in [7, 11) is 1.61. The van der Waals surface area contributed by atoms with Crippen molar-refractivity contribution in [3.63, 3.8) is 0 Å². The summed E-state index contributed by atoms with van der Waals surface area (Å²) in [6.45, 7) is 2.09. The van der Waals surface area contributed by atoms with Crippen molar-refractivity contribution in [2.45, 2.75) is 13.3 Å². The quantitative estimate of drug-likeness (QED) is 0.584. The van der Waals surface area contributed by atoms with Crippen LogP contribution < -0.4 is 4.74 Å². The number of benzene rings is 2. The Morgan fingerprint density at radius 2 is 1.73 bits per heavy atom. The standard InChI is InChI=1S/C20H18ClNO4/c1-3-25-18(23)12-17-19(13-4-8-15(21)9-5-13)26-20(22-17)14-6-10-16(24-2)11-7-14/h4-11H,3,12H2,1-2H3. The zero-order valence-corrected chi connectivity index (χ0v) is 15.2. The van der Waals surface area contributed by atoms with E-state index >= 15 is 0 Å². The molecule has 0 aliphatic rings. The number of nitrogens with zero attached hydrogens (tertiary/aromatic N) is 1. The molecular weight excluding hydrogens is 354 g/mol. The van der Waals surface area contributed by atoms with Crippen LogP contribution in [0.15, 0.2) is 52.9 Å². The van der Waals surface area contributed by atoms with Crippen LogP contribution in [0.4, 0.5) is 0 Å². The maximum atomic E-state index is 11.9. The van der Waals surface area contributed by atoms with E-state index in [4.69, 9.17) is 25.5 Å². The topological polar surface area (TPSA) is 61.6 Å². The molecule has 0 saturated heterocycles. The van der Waals surface area contributed by atoms with Crippen LogP contribution in [0.5, 0.6) is 5.75 Å². The van der Waals surface area contributed by atoms with Gasteiger partial charge < -0.3 is 13.9 Å². The third kappa shape index (κ3) is 4.06. The van der Waals surface area contributed by atoms with Crippen LogP contribution in [0.3, 0.4) is 0 Å². The second-order valence-electron chi connectivity index (χ2n) is 5.51. The SMILES string of the molecule is CCOC(=O)Cc1nc(-c2ccc(OC)cc2)oc1-c1ccc(Cl)cc1. The molecule has 0 aliphatic carbocycles. The molecule has 5 nitrogen and oxygen atoms in total. The van der Waals surface area contributed by atoms with Gasteiger partial charge in [0.25, 0.3) is 0 Å². The van der Waals surface area contributed by atoms with Gasteiger partial charge in [0.1, 0.15) is 5.75 Å². The minimum absolute atomic E-state index is 0.0332. The lowest BCUT2D eigenvalue weighted by Gasteiger charge is -2.02. The number of aromatic nitrogens is 1. The second-order valence-corrected chi connectivity index (χ2v) is 5.95. The van der Waals surface area contributed by atoms with Gasteiger partial charge in [0, 0.05) is 16.1 Å². The van der Waals surface area contributed by atoms with E-state index in [2.05, 4.69) is 4.98 Å². The van der Waals surface area contributed by atoms with E-state index in [0.717, 1.165) is 16.9 Å². The number of hydrogen-bond donors (Lipinski definition) is 0. The molecule has 0 spiro atoms. The Morgan fingerprint density at radius 1 is 1.08 bits per heavy atom. The minimum Gasteiger partial charge on any atom is -0.497 e. The zero-order valence-electron chi connectivity index (χ0n) is 14.5. The Hall–Kier alpha value is -2.79. The Balaban J connectivity index is 2.00. The maximum absolute atomic E-state index is 11.9. The highest BCUT2D eigenvalue weighted by molar-refractivity contribution is 6.30. The van der Waals surface area contributed by atoms with E-state index in [1.165, 1.54) is 0 Å². The highest BCUT2D eigenvalue weighted by Crippen LogP contribution is 2.31. The van der Waals surface area contributed by atoms with E-state index in [0.29, 0.717) is 29.0 Å². The van der Waals surface area contributed by atoms with Crippen molar-refractivity contribution >= 4 is 17.6 Å². The van der Waals surface area contributed by atoms with Crippen molar-refractivity contribution in [1.29, 1.82) is 0 Å². The third-order valence-electron chi connectivity index (χ3n) is 3.76. The van der Waals surface area contributed by atoms with Crippen molar-refractivity contribution in [1.82, 2.24) is 4.98 Å². The van der Waals surface area contributed by atoms with Gasteiger partial charge in [-0.25, -0.2) is 4.98 Å². The molecule has 0 bridgehead atoms. The van der Waals surface area contributed by atoms with Crippen molar-refractivity contribution in [3.05, 3.63) is 59.2 Å². The molecule has 0 fully saturated rings. The van der Waals surface area contributed by atoms with Gasteiger partial charge in [-0.3, -0.25) is 4.79 Å². The molecule has 134 valence electrons. The smallest absolute Gasteiger partial charge is 0.312 e. The van der Waals surface area contributed by atoms with Gasteiger partial charge in [0.2, 0.25) is 5.89 Å². The van der Waals surface area contributed by atoms with Crippen LogP contribution >= 0.6 is 11.6 Å². The number of oxazole rings is 1. The molecule has 1 heterocycles. The fraction of sp³-hybridized carbons (Fsp3) is 0.200. The first kappa shape index (κ1) is 18.0. The number of esters is 1. The third-order valence-corrected chi connectivity index (χ3v) is 4.01. The summed E-state index contributed by atoms with van der Waals surface area (Å²) >= 11 is 5.96. The number of methoxy groups -OCH3 is 1. The first-order valence-electron chi connectivity index (χ1n) is 8.16. The maximum Gasteiger partial charge on any atom is 0.312 e. The van der Waals surface area contributed by atoms with E-state index < -0.39 is 0 Å². The molecule has 0 N–H and O–H groups in total. The molecule has 0 saturated carbocycles. The molecule has 26 heavy (non-hydrogen) atoms.